The largest absolute Gasteiger partial charge is 0.462 e. The van der Waals surface area contributed by atoms with E-state index in [0.717, 1.165) is 11.3 Å². The van der Waals surface area contributed by atoms with Crippen LogP contribution in [0.5, 0.6) is 0 Å². The van der Waals surface area contributed by atoms with Gasteiger partial charge in [-0.1, -0.05) is 0 Å². The van der Waals surface area contributed by atoms with Crippen molar-refractivity contribution in [2.75, 3.05) is 23.4 Å². The van der Waals surface area contributed by atoms with Gasteiger partial charge in [-0.25, -0.2) is 13.2 Å². The topological polar surface area (TPSA) is 133 Å². The molecule has 1 aromatic carbocycles. The summed E-state index contributed by atoms with van der Waals surface area (Å²) in [5.41, 5.74) is 1.16. The summed E-state index contributed by atoms with van der Waals surface area (Å²) in [5, 5.41) is 15.5. The van der Waals surface area contributed by atoms with Gasteiger partial charge in [-0.2, -0.15) is 0 Å². The van der Waals surface area contributed by atoms with Gasteiger partial charge in [-0.05, 0) is 37.0 Å². The fourth-order valence-corrected chi connectivity index (χ4v) is 6.14. The number of rotatable bonds is 7. The number of sulfone groups is 1. The Morgan fingerprint density at radius 3 is 2.57 bits per heavy atom. The smallest absolute Gasteiger partial charge is 0.341 e. The number of anilines is 1. The average molecular weight is 453 g/mol. The molecule has 11 heteroatoms. The maximum absolute atomic E-state index is 12.6. The van der Waals surface area contributed by atoms with E-state index in [2.05, 4.69) is 5.32 Å². The van der Waals surface area contributed by atoms with Crippen LogP contribution in [-0.2, 0) is 19.4 Å². The van der Waals surface area contributed by atoms with Crippen LogP contribution in [0.3, 0.4) is 0 Å². The van der Waals surface area contributed by atoms with Crippen molar-refractivity contribution in [1.82, 2.24) is 0 Å². The van der Waals surface area contributed by atoms with Gasteiger partial charge >= 0.3 is 5.97 Å². The minimum absolute atomic E-state index is 0.0103. The second kappa shape index (κ2) is 8.92. The van der Waals surface area contributed by atoms with Crippen LogP contribution in [0.1, 0.15) is 30.1 Å². The lowest BCUT2D eigenvalue weighted by molar-refractivity contribution is -0.384. The Hall–Kier alpha value is -2.79. The Morgan fingerprint density at radius 2 is 2.00 bits per heavy atom. The number of non-ortho nitro benzene ring substituents is 1. The van der Waals surface area contributed by atoms with Crippen molar-refractivity contribution in [1.29, 1.82) is 0 Å². The molecule has 0 radical (unpaired) electrons. The van der Waals surface area contributed by atoms with Crippen molar-refractivity contribution in [3.8, 4) is 11.1 Å². The number of hydrogen-bond donors (Lipinski definition) is 1. The van der Waals surface area contributed by atoms with Gasteiger partial charge in [-0.3, -0.25) is 14.9 Å². The highest BCUT2D eigenvalue weighted by Crippen LogP contribution is 2.37. The first kappa shape index (κ1) is 21.9. The molecule has 160 valence electrons. The minimum Gasteiger partial charge on any atom is -0.462 e. The van der Waals surface area contributed by atoms with Crippen LogP contribution in [0.2, 0.25) is 0 Å². The lowest BCUT2D eigenvalue weighted by atomic mass is 10.0. The summed E-state index contributed by atoms with van der Waals surface area (Å²) in [7, 11) is -3.08. The van der Waals surface area contributed by atoms with Crippen LogP contribution >= 0.6 is 11.3 Å². The number of nitrogens with zero attached hydrogens (tertiary/aromatic N) is 1. The molecule has 2 heterocycles. The number of nitro groups is 1. The minimum atomic E-state index is -3.08. The van der Waals surface area contributed by atoms with Crippen LogP contribution < -0.4 is 5.32 Å². The number of carbonyl (C=O) groups excluding carboxylic acids is 2. The Kier molecular flexibility index (Phi) is 6.52. The third kappa shape index (κ3) is 5.03. The average Bonchev–Trinajstić information content (AvgIpc) is 3.24. The summed E-state index contributed by atoms with van der Waals surface area (Å²) in [5.74, 6) is -1.16. The number of hydrogen-bond acceptors (Lipinski definition) is 8. The van der Waals surface area contributed by atoms with Crippen LogP contribution in [0, 0.1) is 16.0 Å². The molecule has 0 spiro atoms. The number of thiophene rings is 1. The first-order valence-corrected chi connectivity index (χ1v) is 11.9. The Bertz CT molecular complexity index is 1070. The lowest BCUT2D eigenvalue weighted by Gasteiger charge is -2.10. The van der Waals surface area contributed by atoms with Gasteiger partial charge in [0.1, 0.15) is 10.6 Å². The summed E-state index contributed by atoms with van der Waals surface area (Å²) < 4.78 is 28.3. The molecule has 1 aliphatic heterocycles. The zero-order chi connectivity index (χ0) is 21.9. The molecule has 1 aliphatic rings. The van der Waals surface area contributed by atoms with E-state index in [4.69, 9.17) is 4.74 Å². The van der Waals surface area contributed by atoms with E-state index in [9.17, 15) is 28.1 Å². The third-order valence-electron chi connectivity index (χ3n) is 4.71. The number of carbonyl (C=O) groups is 2. The van der Waals surface area contributed by atoms with Crippen molar-refractivity contribution in [2.45, 2.75) is 19.8 Å². The molecule has 30 heavy (non-hydrogen) atoms. The highest BCUT2D eigenvalue weighted by Gasteiger charge is 2.30. The molecule has 0 saturated carbocycles. The third-order valence-corrected chi connectivity index (χ3v) is 7.45. The van der Waals surface area contributed by atoms with Crippen LogP contribution in [0.25, 0.3) is 11.1 Å². The first-order valence-electron chi connectivity index (χ1n) is 9.24. The summed E-state index contributed by atoms with van der Waals surface area (Å²) in [6, 6.07) is 5.72. The van der Waals surface area contributed by atoms with Gasteiger partial charge in [0.25, 0.3) is 5.69 Å². The van der Waals surface area contributed by atoms with E-state index in [1.54, 1.807) is 12.3 Å². The number of esters is 1. The Labute approximate surface area is 177 Å². The Balaban J connectivity index is 1.84. The van der Waals surface area contributed by atoms with Crippen molar-refractivity contribution in [2.24, 2.45) is 5.92 Å². The number of ether oxygens (including phenoxy) is 1. The standard InChI is InChI=1S/C19H20N2O7S2/c1-2-28-19(23)17-15(13-3-5-14(6-4-13)21(24)25)10-29-18(17)20-16(22)9-12-7-8-30(26,27)11-12/h3-6,10,12H,2,7-9,11H2,1H3,(H,20,22)/t12-/m0/s1. The molecule has 9 nitrogen and oxygen atoms in total. The molecule has 1 amide bonds. The number of amides is 1. The molecule has 1 saturated heterocycles. The van der Waals surface area contributed by atoms with E-state index in [1.165, 1.54) is 24.3 Å². The molecule has 1 fully saturated rings. The summed E-state index contributed by atoms with van der Waals surface area (Å²) in [4.78, 5) is 35.4. The fraction of sp³-hybridized carbons (Fsp3) is 0.368. The van der Waals surface area contributed by atoms with Crippen LogP contribution in [-0.4, -0.2) is 43.3 Å². The zero-order valence-electron chi connectivity index (χ0n) is 16.1. The maximum atomic E-state index is 12.6. The Morgan fingerprint density at radius 1 is 1.30 bits per heavy atom. The van der Waals surface area contributed by atoms with E-state index in [-0.39, 0.29) is 47.6 Å². The second-order valence-electron chi connectivity index (χ2n) is 6.90. The van der Waals surface area contributed by atoms with Gasteiger partial charge in [0.15, 0.2) is 9.84 Å². The van der Waals surface area contributed by atoms with Crippen LogP contribution in [0.15, 0.2) is 29.6 Å². The normalized spacial score (nSPS) is 17.4. The summed E-state index contributed by atoms with van der Waals surface area (Å²) in [6.07, 6.45) is 0.491. The SMILES string of the molecule is CCOC(=O)c1c(-c2ccc([N+](=O)[O-])cc2)csc1NC(=O)C[C@@H]1CCS(=O)(=O)C1. The van der Waals surface area contributed by atoms with E-state index >= 15 is 0 Å². The van der Waals surface area contributed by atoms with Crippen molar-refractivity contribution in [3.05, 3.63) is 45.3 Å². The van der Waals surface area contributed by atoms with E-state index in [0.29, 0.717) is 22.5 Å². The second-order valence-corrected chi connectivity index (χ2v) is 10.0. The molecular formula is C19H20N2O7S2. The van der Waals surface area contributed by atoms with Crippen LogP contribution in [0.4, 0.5) is 10.7 Å². The molecule has 2 aromatic rings. The first-order chi connectivity index (χ1) is 14.2. The zero-order valence-corrected chi connectivity index (χ0v) is 17.8. The number of benzene rings is 1. The fourth-order valence-electron chi connectivity index (χ4n) is 3.30. The molecule has 0 unspecified atom stereocenters. The molecule has 1 atom stereocenters. The monoisotopic (exact) mass is 452 g/mol. The van der Waals surface area contributed by atoms with Crippen molar-refractivity contribution < 1.29 is 27.7 Å². The molecule has 3 rings (SSSR count). The van der Waals surface area contributed by atoms with Crippen molar-refractivity contribution in [3.63, 3.8) is 0 Å². The molecule has 0 bridgehead atoms. The van der Waals surface area contributed by atoms with Crippen molar-refractivity contribution >= 4 is 43.7 Å². The van der Waals surface area contributed by atoms with E-state index in [1.807, 2.05) is 0 Å². The number of nitrogens with one attached hydrogen (secondary N) is 1. The molecule has 1 N–H and O–H groups in total. The van der Waals surface area contributed by atoms with Gasteiger partial charge in [-0.15, -0.1) is 11.3 Å². The summed E-state index contributed by atoms with van der Waals surface area (Å²) >= 11 is 1.14. The predicted octanol–water partition coefficient (Wildman–Crippen LogP) is 3.26. The molecular weight excluding hydrogens is 432 g/mol. The lowest BCUT2D eigenvalue weighted by Crippen LogP contribution is -2.18. The highest BCUT2D eigenvalue weighted by molar-refractivity contribution is 7.91. The summed E-state index contributed by atoms with van der Waals surface area (Å²) in [6.45, 7) is 1.80. The van der Waals surface area contributed by atoms with Gasteiger partial charge < -0.3 is 10.1 Å². The molecule has 1 aromatic heterocycles. The van der Waals surface area contributed by atoms with Gasteiger partial charge in [0.2, 0.25) is 5.91 Å². The van der Waals surface area contributed by atoms with Gasteiger partial charge in [0, 0.05) is 29.5 Å². The highest BCUT2D eigenvalue weighted by atomic mass is 32.2. The van der Waals surface area contributed by atoms with E-state index < -0.39 is 20.7 Å². The van der Waals surface area contributed by atoms with Gasteiger partial charge in [0.05, 0.1) is 23.0 Å². The number of nitro benzene ring substituents is 1. The maximum Gasteiger partial charge on any atom is 0.341 e. The predicted molar refractivity (Wildman–Crippen MR) is 112 cm³/mol. The molecule has 0 aliphatic carbocycles. The quantitative estimate of drug-likeness (QED) is 0.387.